The summed E-state index contributed by atoms with van der Waals surface area (Å²) in [4.78, 5) is 17.3. The second-order valence-electron chi connectivity index (χ2n) is 5.90. The number of carbonyl (C=O) groups excluding carboxylic acids is 1. The van der Waals surface area contributed by atoms with Crippen LogP contribution in [-0.2, 0) is 11.2 Å². The minimum absolute atomic E-state index is 0.0144. The standard InChI is InChI=1S/C17H25N3O/c1-4-12(2)11-20(3)17(21)15(18)9-13-10-19-16-8-6-5-7-14(13)16/h5-8,10,12,15,19H,4,9,11,18H2,1-3H3/t12?,15-/m0/s1. The molecule has 4 nitrogen and oxygen atoms in total. The van der Waals surface area contributed by atoms with Crippen LogP contribution in [0.4, 0.5) is 0 Å². The zero-order valence-electron chi connectivity index (χ0n) is 13.1. The van der Waals surface area contributed by atoms with E-state index in [0.29, 0.717) is 12.3 Å². The number of hydrogen-bond acceptors (Lipinski definition) is 2. The van der Waals surface area contributed by atoms with Crippen molar-refractivity contribution < 1.29 is 4.79 Å². The zero-order chi connectivity index (χ0) is 15.4. The van der Waals surface area contributed by atoms with Crippen LogP contribution in [0.2, 0.25) is 0 Å². The Balaban J connectivity index is 2.03. The normalized spacial score (nSPS) is 14.1. The first kappa shape index (κ1) is 15.6. The van der Waals surface area contributed by atoms with E-state index in [4.69, 9.17) is 5.73 Å². The molecule has 0 saturated carbocycles. The van der Waals surface area contributed by atoms with E-state index in [2.05, 4.69) is 24.9 Å². The molecule has 2 atom stereocenters. The summed E-state index contributed by atoms with van der Waals surface area (Å²) < 4.78 is 0. The molecule has 1 aromatic heterocycles. The van der Waals surface area contributed by atoms with Crippen LogP contribution in [0.25, 0.3) is 10.9 Å². The van der Waals surface area contributed by atoms with E-state index in [1.807, 2.05) is 31.4 Å². The van der Waals surface area contributed by atoms with Gasteiger partial charge < -0.3 is 15.6 Å². The highest BCUT2D eigenvalue weighted by atomic mass is 16.2. The third kappa shape index (κ3) is 3.64. The van der Waals surface area contributed by atoms with Gasteiger partial charge in [0.1, 0.15) is 0 Å². The molecule has 0 spiro atoms. The van der Waals surface area contributed by atoms with Gasteiger partial charge in [-0.2, -0.15) is 0 Å². The average molecular weight is 287 g/mol. The van der Waals surface area contributed by atoms with Crippen molar-refractivity contribution in [3.8, 4) is 0 Å². The maximum absolute atomic E-state index is 12.3. The number of amides is 1. The Morgan fingerprint density at radius 2 is 2.10 bits per heavy atom. The molecule has 1 aromatic carbocycles. The Hall–Kier alpha value is -1.81. The number of fused-ring (bicyclic) bond motifs is 1. The van der Waals surface area contributed by atoms with Crippen molar-refractivity contribution in [1.82, 2.24) is 9.88 Å². The number of nitrogens with one attached hydrogen (secondary N) is 1. The minimum Gasteiger partial charge on any atom is -0.361 e. The number of H-pyrrole nitrogens is 1. The predicted octanol–water partition coefficient (Wildman–Crippen LogP) is 2.54. The first-order valence-corrected chi connectivity index (χ1v) is 7.58. The smallest absolute Gasteiger partial charge is 0.239 e. The SMILES string of the molecule is CCC(C)CN(C)C(=O)[C@@H](N)Cc1c[nH]c2ccccc12. The molecule has 0 aliphatic heterocycles. The fourth-order valence-electron chi connectivity index (χ4n) is 2.59. The fraction of sp³-hybridized carbons (Fsp3) is 0.471. The number of benzene rings is 1. The van der Waals surface area contributed by atoms with Crippen molar-refractivity contribution in [2.45, 2.75) is 32.7 Å². The summed E-state index contributed by atoms with van der Waals surface area (Å²) in [6.45, 7) is 5.04. The lowest BCUT2D eigenvalue weighted by atomic mass is 10.0. The summed E-state index contributed by atoms with van der Waals surface area (Å²) in [5.41, 5.74) is 8.30. The minimum atomic E-state index is -0.488. The van der Waals surface area contributed by atoms with E-state index in [9.17, 15) is 4.79 Å². The molecule has 0 aliphatic carbocycles. The van der Waals surface area contributed by atoms with E-state index < -0.39 is 6.04 Å². The molecule has 0 radical (unpaired) electrons. The maximum atomic E-state index is 12.3. The van der Waals surface area contributed by atoms with Crippen LogP contribution in [-0.4, -0.2) is 35.4 Å². The van der Waals surface area contributed by atoms with Crippen LogP contribution in [0.3, 0.4) is 0 Å². The highest BCUT2D eigenvalue weighted by Gasteiger charge is 2.20. The van der Waals surface area contributed by atoms with Crippen LogP contribution in [0.5, 0.6) is 0 Å². The van der Waals surface area contributed by atoms with Crippen LogP contribution in [0.15, 0.2) is 30.5 Å². The molecular weight excluding hydrogens is 262 g/mol. The maximum Gasteiger partial charge on any atom is 0.239 e. The van der Waals surface area contributed by atoms with E-state index in [1.54, 1.807) is 4.90 Å². The molecule has 1 amide bonds. The summed E-state index contributed by atoms with van der Waals surface area (Å²) in [5.74, 6) is 0.514. The number of hydrogen-bond donors (Lipinski definition) is 2. The molecule has 1 unspecified atom stereocenters. The number of aromatic nitrogens is 1. The number of rotatable bonds is 6. The van der Waals surface area contributed by atoms with Gasteiger partial charge in [-0.25, -0.2) is 0 Å². The van der Waals surface area contributed by atoms with Gasteiger partial charge in [-0.3, -0.25) is 4.79 Å². The number of nitrogens with two attached hydrogens (primary N) is 1. The van der Waals surface area contributed by atoms with Gasteiger partial charge in [-0.15, -0.1) is 0 Å². The molecule has 4 heteroatoms. The van der Waals surface area contributed by atoms with Crippen LogP contribution in [0, 0.1) is 5.92 Å². The molecule has 0 aliphatic rings. The molecule has 0 bridgehead atoms. The van der Waals surface area contributed by atoms with Gasteiger partial charge in [0, 0.05) is 30.7 Å². The van der Waals surface area contributed by atoms with Crippen molar-refractivity contribution in [3.05, 3.63) is 36.0 Å². The van der Waals surface area contributed by atoms with Crippen molar-refractivity contribution in [1.29, 1.82) is 0 Å². The van der Waals surface area contributed by atoms with Crippen LogP contribution >= 0.6 is 0 Å². The lowest BCUT2D eigenvalue weighted by Gasteiger charge is -2.24. The zero-order valence-corrected chi connectivity index (χ0v) is 13.1. The van der Waals surface area contributed by atoms with Crippen molar-refractivity contribution >= 4 is 16.8 Å². The Kier molecular flexibility index (Phi) is 5.02. The van der Waals surface area contributed by atoms with Crippen molar-refractivity contribution in [3.63, 3.8) is 0 Å². The Labute approximate surface area is 126 Å². The Bertz CT molecular complexity index is 605. The monoisotopic (exact) mass is 287 g/mol. The predicted molar refractivity (Wildman–Crippen MR) is 87.1 cm³/mol. The lowest BCUT2D eigenvalue weighted by Crippen LogP contribution is -2.44. The largest absolute Gasteiger partial charge is 0.361 e. The summed E-state index contributed by atoms with van der Waals surface area (Å²) in [6.07, 6.45) is 3.58. The van der Waals surface area contributed by atoms with Gasteiger partial charge in [-0.05, 0) is 24.0 Å². The van der Waals surface area contributed by atoms with E-state index >= 15 is 0 Å². The van der Waals surface area contributed by atoms with Gasteiger partial charge in [0.2, 0.25) is 5.91 Å². The van der Waals surface area contributed by atoms with E-state index in [-0.39, 0.29) is 5.91 Å². The Morgan fingerprint density at radius 1 is 1.38 bits per heavy atom. The molecular formula is C17H25N3O. The number of para-hydroxylation sites is 1. The molecule has 3 N–H and O–H groups in total. The van der Waals surface area contributed by atoms with Gasteiger partial charge in [0.25, 0.3) is 0 Å². The number of aromatic amines is 1. The van der Waals surface area contributed by atoms with Gasteiger partial charge >= 0.3 is 0 Å². The molecule has 0 fully saturated rings. The van der Waals surface area contributed by atoms with Crippen LogP contribution < -0.4 is 5.73 Å². The molecule has 0 saturated heterocycles. The highest BCUT2D eigenvalue weighted by Crippen LogP contribution is 2.19. The Morgan fingerprint density at radius 3 is 2.81 bits per heavy atom. The van der Waals surface area contributed by atoms with Crippen molar-refractivity contribution in [2.24, 2.45) is 11.7 Å². The molecule has 1 heterocycles. The fourth-order valence-corrected chi connectivity index (χ4v) is 2.59. The molecule has 2 aromatic rings. The molecule has 114 valence electrons. The van der Waals surface area contributed by atoms with Gasteiger partial charge in [0.15, 0.2) is 0 Å². The van der Waals surface area contributed by atoms with Gasteiger partial charge in [0.05, 0.1) is 6.04 Å². The second-order valence-corrected chi connectivity index (χ2v) is 5.90. The average Bonchev–Trinajstić information content (AvgIpc) is 2.89. The first-order valence-electron chi connectivity index (χ1n) is 7.58. The number of likely N-dealkylation sites (N-methyl/N-ethyl adjacent to an activating group) is 1. The second kappa shape index (κ2) is 6.76. The van der Waals surface area contributed by atoms with E-state index in [1.165, 1.54) is 0 Å². The molecule has 21 heavy (non-hydrogen) atoms. The third-order valence-electron chi connectivity index (χ3n) is 4.09. The number of nitrogens with zero attached hydrogens (tertiary/aromatic N) is 1. The summed E-state index contributed by atoms with van der Waals surface area (Å²) in [7, 11) is 1.84. The van der Waals surface area contributed by atoms with Crippen LogP contribution in [0.1, 0.15) is 25.8 Å². The van der Waals surface area contributed by atoms with E-state index in [0.717, 1.165) is 29.4 Å². The van der Waals surface area contributed by atoms with Gasteiger partial charge in [-0.1, -0.05) is 38.5 Å². The summed E-state index contributed by atoms with van der Waals surface area (Å²) in [5, 5.41) is 1.14. The van der Waals surface area contributed by atoms with Crippen molar-refractivity contribution in [2.75, 3.05) is 13.6 Å². The third-order valence-corrected chi connectivity index (χ3v) is 4.09. The summed E-state index contributed by atoms with van der Waals surface area (Å²) >= 11 is 0. The lowest BCUT2D eigenvalue weighted by molar-refractivity contribution is -0.131. The first-order chi connectivity index (χ1) is 10.0. The molecule has 2 rings (SSSR count). The highest BCUT2D eigenvalue weighted by molar-refractivity contribution is 5.86. The topological polar surface area (TPSA) is 62.1 Å². The number of carbonyl (C=O) groups is 1. The quantitative estimate of drug-likeness (QED) is 0.857. The summed E-state index contributed by atoms with van der Waals surface area (Å²) in [6, 6.07) is 7.59.